The second-order valence-corrected chi connectivity index (χ2v) is 5.45. The van der Waals surface area contributed by atoms with E-state index in [9.17, 15) is 9.59 Å². The van der Waals surface area contributed by atoms with E-state index in [1.54, 1.807) is 18.2 Å². The Labute approximate surface area is 134 Å². The summed E-state index contributed by atoms with van der Waals surface area (Å²) in [6, 6.07) is 13.0. The Balaban J connectivity index is 1.57. The molecule has 118 valence electrons. The Bertz CT molecular complexity index is 737. The number of ether oxygens (including phenoxy) is 2. The van der Waals surface area contributed by atoms with Crippen molar-refractivity contribution in [3.05, 3.63) is 53.6 Å². The third-order valence-corrected chi connectivity index (χ3v) is 3.56. The first-order valence-electron chi connectivity index (χ1n) is 7.43. The normalized spacial score (nSPS) is 12.8. The van der Waals surface area contributed by atoms with Crippen LogP contribution >= 0.6 is 0 Å². The van der Waals surface area contributed by atoms with Gasteiger partial charge in [0.15, 0.2) is 6.61 Å². The molecule has 0 spiro atoms. The highest BCUT2D eigenvalue weighted by Crippen LogP contribution is 2.31. The minimum absolute atomic E-state index is 0.0299. The van der Waals surface area contributed by atoms with Crippen molar-refractivity contribution in [2.24, 2.45) is 0 Å². The van der Waals surface area contributed by atoms with Gasteiger partial charge in [0, 0.05) is 12.5 Å². The monoisotopic (exact) mass is 311 g/mol. The number of amides is 1. The van der Waals surface area contributed by atoms with E-state index in [1.807, 2.05) is 31.2 Å². The highest BCUT2D eigenvalue weighted by molar-refractivity contribution is 5.95. The lowest BCUT2D eigenvalue weighted by molar-refractivity contribution is -0.134. The number of carbonyl (C=O) groups is 2. The fourth-order valence-corrected chi connectivity index (χ4v) is 2.30. The number of aryl methyl sites for hydroxylation is 2. The molecule has 0 aromatic heterocycles. The maximum Gasteiger partial charge on any atom is 0.311 e. The SMILES string of the molecule is Cc1ccc(CCC(=O)Oc2ccc3c(c2)OCC(=O)N3)cc1. The molecule has 1 amide bonds. The van der Waals surface area contributed by atoms with E-state index in [0.29, 0.717) is 30.0 Å². The van der Waals surface area contributed by atoms with E-state index in [1.165, 1.54) is 5.56 Å². The van der Waals surface area contributed by atoms with Crippen LogP contribution in [0.15, 0.2) is 42.5 Å². The second-order valence-electron chi connectivity index (χ2n) is 5.45. The molecule has 0 bridgehead atoms. The predicted octanol–water partition coefficient (Wildman–Crippen LogP) is 2.86. The highest BCUT2D eigenvalue weighted by Gasteiger charge is 2.17. The minimum Gasteiger partial charge on any atom is -0.481 e. The van der Waals surface area contributed by atoms with Crippen LogP contribution in [-0.2, 0) is 16.0 Å². The van der Waals surface area contributed by atoms with E-state index in [2.05, 4.69) is 5.32 Å². The van der Waals surface area contributed by atoms with Gasteiger partial charge in [0.2, 0.25) is 0 Å². The lowest BCUT2D eigenvalue weighted by Crippen LogP contribution is -2.25. The van der Waals surface area contributed by atoms with Crippen molar-refractivity contribution in [3.63, 3.8) is 0 Å². The van der Waals surface area contributed by atoms with Crippen LogP contribution in [0.5, 0.6) is 11.5 Å². The standard InChI is InChI=1S/C18H17NO4/c1-12-2-4-13(5-3-12)6-9-18(21)23-14-7-8-15-16(10-14)22-11-17(20)19-15/h2-5,7-8,10H,6,9,11H2,1H3,(H,19,20). The molecule has 1 aliphatic heterocycles. The van der Waals surface area contributed by atoms with Gasteiger partial charge in [0.25, 0.3) is 5.91 Å². The number of hydrogen-bond donors (Lipinski definition) is 1. The van der Waals surface area contributed by atoms with Crippen LogP contribution in [0.1, 0.15) is 17.5 Å². The summed E-state index contributed by atoms with van der Waals surface area (Å²) in [5.41, 5.74) is 2.88. The molecule has 1 N–H and O–H groups in total. The number of fused-ring (bicyclic) bond motifs is 1. The molecule has 1 aliphatic rings. The zero-order valence-electron chi connectivity index (χ0n) is 12.8. The molecule has 0 fully saturated rings. The van der Waals surface area contributed by atoms with Crippen LogP contribution in [-0.4, -0.2) is 18.5 Å². The van der Waals surface area contributed by atoms with Crippen molar-refractivity contribution in [2.75, 3.05) is 11.9 Å². The number of rotatable bonds is 4. The van der Waals surface area contributed by atoms with E-state index in [4.69, 9.17) is 9.47 Å². The van der Waals surface area contributed by atoms with Gasteiger partial charge in [-0.1, -0.05) is 29.8 Å². The molecule has 0 atom stereocenters. The smallest absolute Gasteiger partial charge is 0.311 e. The Morgan fingerprint density at radius 2 is 2.00 bits per heavy atom. The van der Waals surface area contributed by atoms with Crippen molar-refractivity contribution >= 4 is 17.6 Å². The van der Waals surface area contributed by atoms with Crippen molar-refractivity contribution in [3.8, 4) is 11.5 Å². The van der Waals surface area contributed by atoms with Crippen molar-refractivity contribution < 1.29 is 19.1 Å². The predicted molar refractivity (Wildman–Crippen MR) is 85.7 cm³/mol. The van der Waals surface area contributed by atoms with Gasteiger partial charge in [-0.05, 0) is 31.0 Å². The molecular formula is C18H17NO4. The number of hydrogen-bond acceptors (Lipinski definition) is 4. The third kappa shape index (κ3) is 3.88. The summed E-state index contributed by atoms with van der Waals surface area (Å²) in [6.07, 6.45) is 0.939. The molecule has 0 unspecified atom stereocenters. The maximum absolute atomic E-state index is 11.9. The van der Waals surface area contributed by atoms with Crippen molar-refractivity contribution in [2.45, 2.75) is 19.8 Å². The Morgan fingerprint density at radius 3 is 2.78 bits per heavy atom. The number of carbonyl (C=O) groups excluding carboxylic acids is 2. The summed E-state index contributed by atoms with van der Waals surface area (Å²) in [5, 5.41) is 2.69. The van der Waals surface area contributed by atoms with Gasteiger partial charge in [-0.2, -0.15) is 0 Å². The van der Waals surface area contributed by atoms with Crippen LogP contribution in [0.25, 0.3) is 0 Å². The summed E-state index contributed by atoms with van der Waals surface area (Å²) >= 11 is 0. The van der Waals surface area contributed by atoms with E-state index in [-0.39, 0.29) is 18.5 Å². The molecule has 0 aliphatic carbocycles. The summed E-state index contributed by atoms with van der Waals surface area (Å²) in [4.78, 5) is 23.1. The molecule has 2 aromatic carbocycles. The first kappa shape index (κ1) is 15.1. The van der Waals surface area contributed by atoms with Gasteiger partial charge in [0.05, 0.1) is 5.69 Å². The highest BCUT2D eigenvalue weighted by atomic mass is 16.5. The third-order valence-electron chi connectivity index (χ3n) is 3.56. The molecule has 5 nitrogen and oxygen atoms in total. The Kier molecular flexibility index (Phi) is 4.28. The average molecular weight is 311 g/mol. The topological polar surface area (TPSA) is 64.6 Å². The molecule has 1 heterocycles. The van der Waals surface area contributed by atoms with E-state index >= 15 is 0 Å². The Morgan fingerprint density at radius 1 is 1.22 bits per heavy atom. The number of nitrogens with one attached hydrogen (secondary N) is 1. The van der Waals surface area contributed by atoms with Gasteiger partial charge in [-0.25, -0.2) is 0 Å². The molecule has 2 aromatic rings. The fraction of sp³-hybridized carbons (Fsp3) is 0.222. The molecule has 5 heteroatoms. The fourth-order valence-electron chi connectivity index (χ4n) is 2.30. The molecule has 0 radical (unpaired) electrons. The zero-order chi connectivity index (χ0) is 16.2. The maximum atomic E-state index is 11.9. The molecule has 0 saturated carbocycles. The van der Waals surface area contributed by atoms with Gasteiger partial charge in [0.1, 0.15) is 11.5 Å². The largest absolute Gasteiger partial charge is 0.481 e. The first-order chi connectivity index (χ1) is 11.1. The second kappa shape index (κ2) is 6.52. The molecule has 3 rings (SSSR count). The summed E-state index contributed by atoms with van der Waals surface area (Å²) in [5.74, 6) is 0.424. The zero-order valence-corrected chi connectivity index (χ0v) is 12.8. The number of benzene rings is 2. The van der Waals surface area contributed by atoms with Gasteiger partial charge >= 0.3 is 5.97 Å². The van der Waals surface area contributed by atoms with E-state index in [0.717, 1.165) is 5.56 Å². The summed E-state index contributed by atoms with van der Waals surface area (Å²) in [7, 11) is 0. The molecule has 23 heavy (non-hydrogen) atoms. The molecule has 0 saturated heterocycles. The van der Waals surface area contributed by atoms with Crippen molar-refractivity contribution in [1.29, 1.82) is 0 Å². The van der Waals surface area contributed by atoms with Crippen molar-refractivity contribution in [1.82, 2.24) is 0 Å². The van der Waals surface area contributed by atoms with E-state index < -0.39 is 0 Å². The van der Waals surface area contributed by atoms with Crippen LogP contribution in [0.3, 0.4) is 0 Å². The quantitative estimate of drug-likeness (QED) is 0.696. The van der Waals surface area contributed by atoms with Crippen LogP contribution in [0, 0.1) is 6.92 Å². The molecular weight excluding hydrogens is 294 g/mol. The van der Waals surface area contributed by atoms with Crippen LogP contribution < -0.4 is 14.8 Å². The first-order valence-corrected chi connectivity index (χ1v) is 7.43. The van der Waals surface area contributed by atoms with Gasteiger partial charge < -0.3 is 14.8 Å². The van der Waals surface area contributed by atoms with Crippen LogP contribution in [0.4, 0.5) is 5.69 Å². The van der Waals surface area contributed by atoms with Gasteiger partial charge in [-0.3, -0.25) is 9.59 Å². The van der Waals surface area contributed by atoms with Crippen LogP contribution in [0.2, 0.25) is 0 Å². The summed E-state index contributed by atoms with van der Waals surface area (Å²) < 4.78 is 10.6. The average Bonchev–Trinajstić information content (AvgIpc) is 2.54. The van der Waals surface area contributed by atoms with Gasteiger partial charge in [-0.15, -0.1) is 0 Å². The number of esters is 1. The lowest BCUT2D eigenvalue weighted by atomic mass is 10.1. The summed E-state index contributed by atoms with van der Waals surface area (Å²) in [6.45, 7) is 2.00. The number of anilines is 1. The lowest BCUT2D eigenvalue weighted by Gasteiger charge is -2.18. The Hall–Kier alpha value is -2.82. The minimum atomic E-state index is -0.301.